The van der Waals surface area contributed by atoms with Gasteiger partial charge in [-0.1, -0.05) is 15.9 Å². The van der Waals surface area contributed by atoms with Crippen molar-refractivity contribution in [3.8, 4) is 11.5 Å². The Morgan fingerprint density at radius 1 is 1.29 bits per heavy atom. The van der Waals surface area contributed by atoms with Crippen LogP contribution in [-0.2, 0) is 18.0 Å². The number of aryl methyl sites for hydroxylation is 1. The van der Waals surface area contributed by atoms with Gasteiger partial charge in [-0.2, -0.15) is 0 Å². The van der Waals surface area contributed by atoms with Crippen LogP contribution in [0.1, 0.15) is 16.7 Å². The average Bonchev–Trinajstić information content (AvgIpc) is 2.48. The van der Waals surface area contributed by atoms with Gasteiger partial charge in [0.15, 0.2) is 6.79 Å². The van der Waals surface area contributed by atoms with Crippen molar-refractivity contribution >= 4 is 21.6 Å². The molecule has 0 fully saturated rings. The molecule has 0 bridgehead atoms. The van der Waals surface area contributed by atoms with E-state index in [-0.39, 0.29) is 6.79 Å². The molecule has 2 aromatic carbocycles. The van der Waals surface area contributed by atoms with Crippen molar-refractivity contribution in [2.45, 2.75) is 20.1 Å². The zero-order valence-electron chi connectivity index (χ0n) is 11.7. The van der Waals surface area contributed by atoms with Gasteiger partial charge in [-0.3, -0.25) is 0 Å². The zero-order chi connectivity index (χ0) is 14.8. The molecule has 0 saturated heterocycles. The average molecular weight is 350 g/mol. The minimum absolute atomic E-state index is 0.265. The fraction of sp³-hybridized carbons (Fsp3) is 0.250. The second-order valence-electron chi connectivity index (χ2n) is 4.98. The van der Waals surface area contributed by atoms with Crippen LogP contribution in [0.3, 0.4) is 0 Å². The van der Waals surface area contributed by atoms with Crippen molar-refractivity contribution in [1.29, 1.82) is 0 Å². The molecule has 0 unspecified atom stereocenters. The van der Waals surface area contributed by atoms with Crippen molar-refractivity contribution in [3.63, 3.8) is 0 Å². The number of ether oxygens (including phenoxy) is 3. The maximum atomic E-state index is 5.92. The molecule has 0 atom stereocenters. The summed E-state index contributed by atoms with van der Waals surface area (Å²) < 4.78 is 17.8. The highest BCUT2D eigenvalue weighted by Gasteiger charge is 2.16. The number of hydrogen-bond acceptors (Lipinski definition) is 4. The van der Waals surface area contributed by atoms with Crippen LogP contribution < -0.4 is 15.2 Å². The number of hydrogen-bond donors (Lipinski definition) is 1. The first-order chi connectivity index (χ1) is 10.1. The lowest BCUT2D eigenvalue weighted by atomic mass is 10.1. The summed E-state index contributed by atoms with van der Waals surface area (Å²) in [4.78, 5) is 0. The lowest BCUT2D eigenvalue weighted by Crippen LogP contribution is -2.14. The van der Waals surface area contributed by atoms with Crippen LogP contribution in [0.5, 0.6) is 11.5 Å². The first kappa shape index (κ1) is 14.2. The smallest absolute Gasteiger partial charge is 0.189 e. The SMILES string of the molecule is Cc1cc(OCc2cc(N)cc3c2OCOC3)ccc1Br. The van der Waals surface area contributed by atoms with E-state index in [1.165, 1.54) is 0 Å². The summed E-state index contributed by atoms with van der Waals surface area (Å²) in [5.41, 5.74) is 9.65. The van der Waals surface area contributed by atoms with Crippen molar-refractivity contribution < 1.29 is 14.2 Å². The third-order valence-corrected chi connectivity index (χ3v) is 4.22. The van der Waals surface area contributed by atoms with E-state index in [1.54, 1.807) is 0 Å². The Morgan fingerprint density at radius 3 is 2.95 bits per heavy atom. The Labute approximate surface area is 131 Å². The van der Waals surface area contributed by atoms with Gasteiger partial charge in [-0.15, -0.1) is 0 Å². The molecule has 2 N–H and O–H groups in total. The summed E-state index contributed by atoms with van der Waals surface area (Å²) >= 11 is 3.48. The Hall–Kier alpha value is -1.72. The Bertz CT molecular complexity index is 673. The lowest BCUT2D eigenvalue weighted by molar-refractivity contribution is -0.0175. The summed E-state index contributed by atoms with van der Waals surface area (Å²) in [7, 11) is 0. The van der Waals surface area contributed by atoms with Crippen LogP contribution in [-0.4, -0.2) is 6.79 Å². The highest BCUT2D eigenvalue weighted by atomic mass is 79.9. The Morgan fingerprint density at radius 2 is 2.14 bits per heavy atom. The standard InChI is InChI=1S/C16H16BrNO3/c1-10-4-14(2-3-15(10)17)20-8-12-6-13(18)5-11-7-19-9-21-16(11)12/h2-6H,7-9,18H2,1H3. The van der Waals surface area contributed by atoms with E-state index in [0.717, 1.165) is 32.7 Å². The van der Waals surface area contributed by atoms with Gasteiger partial charge in [0.2, 0.25) is 0 Å². The first-order valence-corrected chi connectivity index (χ1v) is 7.43. The van der Waals surface area contributed by atoms with Crippen molar-refractivity contribution in [1.82, 2.24) is 0 Å². The molecule has 0 aromatic heterocycles. The maximum absolute atomic E-state index is 5.92. The van der Waals surface area contributed by atoms with Gasteiger partial charge in [0.1, 0.15) is 18.1 Å². The van der Waals surface area contributed by atoms with Crippen LogP contribution in [0.25, 0.3) is 0 Å². The molecular weight excluding hydrogens is 334 g/mol. The lowest BCUT2D eigenvalue weighted by Gasteiger charge is -2.21. The van der Waals surface area contributed by atoms with E-state index in [9.17, 15) is 0 Å². The fourth-order valence-electron chi connectivity index (χ4n) is 2.30. The van der Waals surface area contributed by atoms with Gasteiger partial charge >= 0.3 is 0 Å². The van der Waals surface area contributed by atoms with E-state index >= 15 is 0 Å². The first-order valence-electron chi connectivity index (χ1n) is 6.64. The predicted molar refractivity (Wildman–Crippen MR) is 84.3 cm³/mol. The normalized spacial score (nSPS) is 13.4. The van der Waals surface area contributed by atoms with Crippen molar-refractivity contribution in [3.05, 3.63) is 51.5 Å². The van der Waals surface area contributed by atoms with Gasteiger partial charge < -0.3 is 19.9 Å². The molecule has 1 aliphatic heterocycles. The number of nitrogen functional groups attached to an aromatic ring is 1. The molecule has 0 spiro atoms. The molecule has 1 aliphatic rings. The highest BCUT2D eigenvalue weighted by Crippen LogP contribution is 2.32. The van der Waals surface area contributed by atoms with Gasteiger partial charge in [-0.25, -0.2) is 0 Å². The molecule has 1 heterocycles. The second-order valence-corrected chi connectivity index (χ2v) is 5.83. The molecule has 21 heavy (non-hydrogen) atoms. The molecule has 0 aliphatic carbocycles. The van der Waals surface area contributed by atoms with Crippen LogP contribution in [0.4, 0.5) is 5.69 Å². The summed E-state index contributed by atoms with van der Waals surface area (Å²) in [6, 6.07) is 9.66. The largest absolute Gasteiger partial charge is 0.489 e. The van der Waals surface area contributed by atoms with Crippen molar-refractivity contribution in [2.24, 2.45) is 0 Å². The molecule has 0 amide bonds. The van der Waals surface area contributed by atoms with Gasteiger partial charge in [0.25, 0.3) is 0 Å². The quantitative estimate of drug-likeness (QED) is 0.856. The van der Waals surface area contributed by atoms with Gasteiger partial charge in [-0.05, 0) is 42.8 Å². The molecule has 0 saturated carbocycles. The fourth-order valence-corrected chi connectivity index (χ4v) is 2.55. The summed E-state index contributed by atoms with van der Waals surface area (Å²) in [5.74, 6) is 1.64. The molecule has 5 heteroatoms. The van der Waals surface area contributed by atoms with Crippen LogP contribution in [0.15, 0.2) is 34.8 Å². The molecule has 3 rings (SSSR count). The number of fused-ring (bicyclic) bond motifs is 1. The minimum atomic E-state index is 0.265. The van der Waals surface area contributed by atoms with Gasteiger partial charge in [0, 0.05) is 21.3 Å². The molecule has 0 radical (unpaired) electrons. The highest BCUT2D eigenvalue weighted by molar-refractivity contribution is 9.10. The van der Waals surface area contributed by atoms with E-state index in [2.05, 4.69) is 15.9 Å². The molecule has 110 valence electrons. The van der Waals surface area contributed by atoms with Crippen LogP contribution >= 0.6 is 15.9 Å². The Balaban J connectivity index is 1.81. The third-order valence-electron chi connectivity index (χ3n) is 3.33. The second kappa shape index (κ2) is 5.95. The zero-order valence-corrected chi connectivity index (χ0v) is 13.3. The number of nitrogens with two attached hydrogens (primary N) is 1. The van der Waals surface area contributed by atoms with E-state index in [4.69, 9.17) is 19.9 Å². The van der Waals surface area contributed by atoms with Crippen LogP contribution in [0, 0.1) is 6.92 Å². The van der Waals surface area contributed by atoms with E-state index < -0.39 is 0 Å². The number of benzene rings is 2. The molecule has 4 nitrogen and oxygen atoms in total. The minimum Gasteiger partial charge on any atom is -0.489 e. The summed E-state index contributed by atoms with van der Waals surface area (Å²) in [6.45, 7) is 3.22. The monoisotopic (exact) mass is 349 g/mol. The molecular formula is C16H16BrNO3. The third kappa shape index (κ3) is 3.14. The number of anilines is 1. The van der Waals surface area contributed by atoms with Gasteiger partial charge in [0.05, 0.1) is 6.61 Å². The number of halogens is 1. The topological polar surface area (TPSA) is 53.7 Å². The van der Waals surface area contributed by atoms with Crippen LogP contribution in [0.2, 0.25) is 0 Å². The van der Waals surface area contributed by atoms with E-state index in [1.807, 2.05) is 37.3 Å². The maximum Gasteiger partial charge on any atom is 0.189 e. The number of rotatable bonds is 3. The predicted octanol–water partition coefficient (Wildman–Crippen LogP) is 3.79. The molecule has 2 aromatic rings. The summed E-state index contributed by atoms with van der Waals surface area (Å²) in [5, 5.41) is 0. The van der Waals surface area contributed by atoms with E-state index in [0.29, 0.717) is 18.9 Å². The Kier molecular flexibility index (Phi) is 4.03. The summed E-state index contributed by atoms with van der Waals surface area (Å²) in [6.07, 6.45) is 0. The van der Waals surface area contributed by atoms with Crippen molar-refractivity contribution in [2.75, 3.05) is 12.5 Å².